The zero-order valence-electron chi connectivity index (χ0n) is 15.4. The van der Waals surface area contributed by atoms with Crippen LogP contribution < -0.4 is 0 Å². The van der Waals surface area contributed by atoms with Gasteiger partial charge in [0.2, 0.25) is 0 Å². The molecule has 0 aromatic heterocycles. The third-order valence-corrected chi connectivity index (χ3v) is 8.72. The van der Waals surface area contributed by atoms with Crippen LogP contribution in [0.15, 0.2) is 11.6 Å². The molecule has 0 aromatic rings. The average molecular weight is 346 g/mol. The van der Waals surface area contributed by atoms with E-state index in [9.17, 15) is 19.8 Å². The number of aliphatic hydroxyl groups is 2. The second-order valence-electron chi connectivity index (χ2n) is 9.41. The fourth-order valence-electron chi connectivity index (χ4n) is 7.16. The van der Waals surface area contributed by atoms with Crippen LogP contribution in [0.3, 0.4) is 0 Å². The molecule has 0 bridgehead atoms. The van der Waals surface area contributed by atoms with E-state index in [0.29, 0.717) is 30.6 Å². The Kier molecular flexibility index (Phi) is 3.83. The van der Waals surface area contributed by atoms with Gasteiger partial charge in [0.1, 0.15) is 12.2 Å². The van der Waals surface area contributed by atoms with Crippen molar-refractivity contribution in [2.75, 3.05) is 6.61 Å². The van der Waals surface area contributed by atoms with Crippen LogP contribution in [0.5, 0.6) is 0 Å². The second kappa shape index (κ2) is 5.50. The highest BCUT2D eigenvalue weighted by atomic mass is 16.3. The van der Waals surface area contributed by atoms with Crippen molar-refractivity contribution < 1.29 is 19.8 Å². The summed E-state index contributed by atoms with van der Waals surface area (Å²) >= 11 is 0. The molecule has 0 spiro atoms. The molecule has 4 aliphatic carbocycles. The standard InChI is InChI=1S/C21H30O4/c1-19-8-5-14(23)11-13(19)3-4-15-16(19)6-9-20(2)17(15)7-10-21(20,25)18(24)12-22/h11,15-17,22,25H,3-10,12H2,1-2H3/t15-,16?,17?,19+,20+,21?/m1/s1. The zero-order chi connectivity index (χ0) is 18.0. The molecule has 6 atom stereocenters. The van der Waals surface area contributed by atoms with Gasteiger partial charge in [0.15, 0.2) is 11.6 Å². The summed E-state index contributed by atoms with van der Waals surface area (Å²) in [5, 5.41) is 20.5. The van der Waals surface area contributed by atoms with E-state index in [1.54, 1.807) is 0 Å². The van der Waals surface area contributed by atoms with Gasteiger partial charge in [-0.25, -0.2) is 0 Å². The average Bonchev–Trinajstić information content (AvgIpc) is 2.87. The SMILES string of the molecule is C[C@]12CCC(=O)C=C1CC[C@@H]1C2CC[C@@]2(C)C1CCC2(O)C(=O)CO. The molecule has 4 rings (SSSR count). The van der Waals surface area contributed by atoms with E-state index < -0.39 is 23.4 Å². The molecule has 4 aliphatic rings. The normalized spacial score (nSPS) is 49.0. The van der Waals surface area contributed by atoms with Crippen LogP contribution >= 0.6 is 0 Å². The van der Waals surface area contributed by atoms with Crippen LogP contribution in [-0.2, 0) is 9.59 Å². The number of fused-ring (bicyclic) bond motifs is 5. The number of allylic oxidation sites excluding steroid dienone is 1. The van der Waals surface area contributed by atoms with Gasteiger partial charge in [0, 0.05) is 11.8 Å². The molecule has 0 saturated heterocycles. The first-order chi connectivity index (χ1) is 11.8. The van der Waals surface area contributed by atoms with Crippen LogP contribution in [0, 0.1) is 28.6 Å². The van der Waals surface area contributed by atoms with Gasteiger partial charge in [-0.1, -0.05) is 19.4 Å². The molecule has 0 aromatic carbocycles. The van der Waals surface area contributed by atoms with E-state index in [0.717, 1.165) is 38.5 Å². The Morgan fingerprint density at radius 2 is 1.84 bits per heavy atom. The Hall–Kier alpha value is -1.00. The van der Waals surface area contributed by atoms with Crippen LogP contribution in [0.4, 0.5) is 0 Å². The maximum absolute atomic E-state index is 12.3. The van der Waals surface area contributed by atoms with E-state index in [1.165, 1.54) is 5.57 Å². The molecule has 0 heterocycles. The van der Waals surface area contributed by atoms with Gasteiger partial charge in [-0.3, -0.25) is 9.59 Å². The van der Waals surface area contributed by atoms with Crippen LogP contribution in [-0.4, -0.2) is 34.0 Å². The van der Waals surface area contributed by atoms with Gasteiger partial charge in [-0.2, -0.15) is 0 Å². The minimum Gasteiger partial charge on any atom is -0.388 e. The summed E-state index contributed by atoms with van der Waals surface area (Å²) in [6.45, 7) is 3.84. The molecule has 0 aliphatic heterocycles. The van der Waals surface area contributed by atoms with Crippen molar-refractivity contribution in [3.63, 3.8) is 0 Å². The lowest BCUT2D eigenvalue weighted by atomic mass is 9.46. The van der Waals surface area contributed by atoms with E-state index in [-0.39, 0.29) is 11.2 Å². The molecule has 138 valence electrons. The fourth-order valence-corrected chi connectivity index (χ4v) is 7.16. The quantitative estimate of drug-likeness (QED) is 0.806. The maximum Gasteiger partial charge on any atom is 0.190 e. The first-order valence-corrected chi connectivity index (χ1v) is 9.87. The summed E-state index contributed by atoms with van der Waals surface area (Å²) < 4.78 is 0. The molecule has 2 N–H and O–H groups in total. The summed E-state index contributed by atoms with van der Waals surface area (Å²) in [6.07, 6.45) is 8.72. The number of rotatable bonds is 2. The van der Waals surface area contributed by atoms with Gasteiger partial charge >= 0.3 is 0 Å². The molecular weight excluding hydrogens is 316 g/mol. The maximum atomic E-state index is 12.3. The lowest BCUT2D eigenvalue weighted by Gasteiger charge is -2.58. The molecule has 3 unspecified atom stereocenters. The molecule has 4 nitrogen and oxygen atoms in total. The van der Waals surface area contributed by atoms with Gasteiger partial charge in [-0.05, 0) is 74.2 Å². The van der Waals surface area contributed by atoms with Crippen molar-refractivity contribution in [1.29, 1.82) is 0 Å². The van der Waals surface area contributed by atoms with Crippen LogP contribution in [0.25, 0.3) is 0 Å². The van der Waals surface area contributed by atoms with Crippen molar-refractivity contribution in [3.05, 3.63) is 11.6 Å². The van der Waals surface area contributed by atoms with Crippen LogP contribution in [0.2, 0.25) is 0 Å². The monoisotopic (exact) mass is 346 g/mol. The summed E-state index contributed by atoms with van der Waals surface area (Å²) in [5.41, 5.74) is -0.333. The number of aliphatic hydroxyl groups excluding tert-OH is 1. The molecule has 4 heteroatoms. The topological polar surface area (TPSA) is 74.6 Å². The summed E-state index contributed by atoms with van der Waals surface area (Å²) in [6, 6.07) is 0. The minimum absolute atomic E-state index is 0.111. The first kappa shape index (κ1) is 17.4. The van der Waals surface area contributed by atoms with Gasteiger partial charge in [0.05, 0.1) is 0 Å². The van der Waals surface area contributed by atoms with E-state index in [1.807, 2.05) is 6.08 Å². The van der Waals surface area contributed by atoms with Gasteiger partial charge in [0.25, 0.3) is 0 Å². The third kappa shape index (κ3) is 2.13. The highest BCUT2D eigenvalue weighted by Crippen LogP contribution is 2.67. The van der Waals surface area contributed by atoms with Crippen LogP contribution in [0.1, 0.15) is 65.2 Å². The number of Topliss-reactive ketones (excluding diaryl/α,β-unsaturated/α-hetero) is 1. The number of ketones is 2. The smallest absolute Gasteiger partial charge is 0.190 e. The van der Waals surface area contributed by atoms with Crippen molar-refractivity contribution in [2.24, 2.45) is 28.6 Å². The number of hydrogen-bond donors (Lipinski definition) is 2. The van der Waals surface area contributed by atoms with E-state index in [4.69, 9.17) is 0 Å². The summed E-state index contributed by atoms with van der Waals surface area (Å²) in [7, 11) is 0. The van der Waals surface area contributed by atoms with Crippen molar-refractivity contribution in [3.8, 4) is 0 Å². The summed E-state index contributed by atoms with van der Waals surface area (Å²) in [5.74, 6) is 1.26. The molecule has 0 amide bonds. The zero-order valence-corrected chi connectivity index (χ0v) is 15.4. The predicted molar refractivity (Wildman–Crippen MR) is 93.8 cm³/mol. The first-order valence-electron chi connectivity index (χ1n) is 9.87. The molecule has 3 saturated carbocycles. The van der Waals surface area contributed by atoms with Gasteiger partial charge in [-0.15, -0.1) is 0 Å². The highest BCUT2D eigenvalue weighted by Gasteiger charge is 2.65. The number of hydrogen-bond acceptors (Lipinski definition) is 4. The Morgan fingerprint density at radius 3 is 2.56 bits per heavy atom. The van der Waals surface area contributed by atoms with E-state index in [2.05, 4.69) is 13.8 Å². The van der Waals surface area contributed by atoms with Crippen molar-refractivity contribution >= 4 is 11.6 Å². The van der Waals surface area contributed by atoms with E-state index >= 15 is 0 Å². The Labute approximate surface area is 149 Å². The minimum atomic E-state index is -1.36. The molecule has 0 radical (unpaired) electrons. The third-order valence-electron chi connectivity index (χ3n) is 8.72. The number of carbonyl (C=O) groups excluding carboxylic acids is 2. The Balaban J connectivity index is 1.68. The van der Waals surface area contributed by atoms with Crippen molar-refractivity contribution in [1.82, 2.24) is 0 Å². The Morgan fingerprint density at radius 1 is 1.12 bits per heavy atom. The van der Waals surface area contributed by atoms with Crippen molar-refractivity contribution in [2.45, 2.75) is 70.8 Å². The molecule has 25 heavy (non-hydrogen) atoms. The lowest BCUT2D eigenvalue weighted by molar-refractivity contribution is -0.164. The Bertz CT molecular complexity index is 652. The van der Waals surface area contributed by atoms with Gasteiger partial charge < -0.3 is 10.2 Å². The molecular formula is C21H30O4. The lowest BCUT2D eigenvalue weighted by Crippen LogP contribution is -2.58. The fraction of sp³-hybridized carbons (Fsp3) is 0.810. The largest absolute Gasteiger partial charge is 0.388 e. The number of carbonyl (C=O) groups is 2. The molecule has 3 fully saturated rings. The summed E-state index contributed by atoms with van der Waals surface area (Å²) in [4.78, 5) is 24.2. The second-order valence-corrected chi connectivity index (χ2v) is 9.41. The highest BCUT2D eigenvalue weighted by molar-refractivity contribution is 5.91. The predicted octanol–water partition coefficient (Wildman–Crippen LogP) is 2.81.